The molecule has 97 heavy (non-hydrogen) atoms. The van der Waals surface area contributed by atoms with Gasteiger partial charge in [0.05, 0.1) is 19.2 Å². The van der Waals surface area contributed by atoms with Crippen LogP contribution in [0.1, 0.15) is 136 Å². The number of nitrogens with zero attached hydrogens (tertiary/aromatic N) is 4. The summed E-state index contributed by atoms with van der Waals surface area (Å²) in [5.74, 6) is -12.0. The van der Waals surface area contributed by atoms with E-state index in [0.29, 0.717) is 49.2 Å². The van der Waals surface area contributed by atoms with Crippen LogP contribution in [0.25, 0.3) is 0 Å². The lowest BCUT2D eigenvalue weighted by atomic mass is 9.96. The number of H-pyrrole nitrogens is 2. The first-order valence-corrected chi connectivity index (χ1v) is 33.7. The SMILES string of the molecule is CC[C@H](C)[C@H](NC(=O)[C@H](Cc1cnc[nH]1)NC(=O)[C@H](CCC(N)=O)NC(=O)CNC(=O)[C@H](CCC(N)=O)NC(=O)[C@H](Cc1cnc[nH]1)NC(=O)[C@@H]1CCCN1C(=O)[C@H](CCCCN)NC(=O)[C@@H](NC(=O)[C@H](CCCN=C(N)N)NC(=O)[C@H](CCSC)NC(C)=O)[C@@H](C)CC)C(N)=O. The van der Waals surface area contributed by atoms with E-state index in [1.54, 1.807) is 27.7 Å². The first kappa shape index (κ1) is 81.8. The molecule has 540 valence electrons. The van der Waals surface area contributed by atoms with Crippen LogP contribution < -0.4 is 87.6 Å². The fraction of sp³-hybridized carbons (Fsp3) is 0.650. The lowest BCUT2D eigenvalue weighted by Crippen LogP contribution is -2.61. The van der Waals surface area contributed by atoms with Crippen LogP contribution in [0.15, 0.2) is 30.0 Å². The number of imidazole rings is 2. The van der Waals surface area contributed by atoms with Gasteiger partial charge in [-0.05, 0) is 94.6 Å². The molecule has 3 rings (SSSR count). The van der Waals surface area contributed by atoms with E-state index < -0.39 is 181 Å². The smallest absolute Gasteiger partial charge is 0.245 e. The molecule has 37 heteroatoms. The Balaban J connectivity index is 1.88. The van der Waals surface area contributed by atoms with Gasteiger partial charge in [-0.2, -0.15) is 11.8 Å². The number of aliphatic imine (C=N–C) groups is 1. The number of thioether (sulfide) groups is 1. The molecule has 0 spiro atoms. The van der Waals surface area contributed by atoms with Crippen LogP contribution in [-0.2, 0) is 80.0 Å². The summed E-state index contributed by atoms with van der Waals surface area (Å²) in [6.45, 7) is 7.76. The summed E-state index contributed by atoms with van der Waals surface area (Å²) in [7, 11) is 0. The number of likely N-dealkylation sites (tertiary alicyclic amines) is 1. The average molecular weight is 1390 g/mol. The van der Waals surface area contributed by atoms with Crippen molar-refractivity contribution < 1.29 is 67.1 Å². The van der Waals surface area contributed by atoms with Gasteiger partial charge in [-0.3, -0.25) is 72.1 Å². The molecule has 0 aliphatic carbocycles. The Morgan fingerprint density at radius 1 is 0.588 bits per heavy atom. The summed E-state index contributed by atoms with van der Waals surface area (Å²) in [5.41, 5.74) is 34.1. The first-order valence-electron chi connectivity index (χ1n) is 32.4. The first-order chi connectivity index (χ1) is 46.0. The number of nitrogens with two attached hydrogens (primary N) is 6. The fourth-order valence-electron chi connectivity index (χ4n) is 10.4. The molecule has 2 aromatic rings. The highest BCUT2D eigenvalue weighted by Gasteiger charge is 2.41. The molecule has 24 N–H and O–H groups in total. The van der Waals surface area contributed by atoms with Crippen molar-refractivity contribution >= 4 is 100 Å². The molecule has 0 saturated carbocycles. The van der Waals surface area contributed by atoms with Gasteiger partial charge in [-0.1, -0.05) is 40.5 Å². The molecule has 12 atom stereocenters. The van der Waals surface area contributed by atoms with Crippen molar-refractivity contribution in [3.8, 4) is 0 Å². The molecule has 0 radical (unpaired) electrons. The Morgan fingerprint density at radius 3 is 1.59 bits per heavy atom. The molecule has 1 aliphatic rings. The zero-order valence-electron chi connectivity index (χ0n) is 56.0. The van der Waals surface area contributed by atoms with Crippen LogP contribution in [0.3, 0.4) is 0 Å². The summed E-state index contributed by atoms with van der Waals surface area (Å²) < 4.78 is 0. The molecule has 0 unspecified atom stereocenters. The Bertz CT molecular complexity index is 2990. The van der Waals surface area contributed by atoms with Gasteiger partial charge in [0.25, 0.3) is 0 Å². The zero-order chi connectivity index (χ0) is 72.3. The third kappa shape index (κ3) is 29.2. The molecule has 0 bridgehead atoms. The van der Waals surface area contributed by atoms with Gasteiger partial charge in [-0.15, -0.1) is 0 Å². The van der Waals surface area contributed by atoms with Gasteiger partial charge in [0.15, 0.2) is 5.96 Å². The largest absolute Gasteiger partial charge is 0.370 e. The summed E-state index contributed by atoms with van der Waals surface area (Å²) in [4.78, 5) is 209. The Morgan fingerprint density at radius 2 is 1.07 bits per heavy atom. The fourth-order valence-corrected chi connectivity index (χ4v) is 10.8. The number of guanidine groups is 1. The van der Waals surface area contributed by atoms with E-state index in [2.05, 4.69) is 78.1 Å². The van der Waals surface area contributed by atoms with E-state index in [9.17, 15) is 67.1 Å². The van der Waals surface area contributed by atoms with Crippen LogP contribution in [0.4, 0.5) is 0 Å². The number of rotatable bonds is 46. The predicted octanol–water partition coefficient (Wildman–Crippen LogP) is -5.55. The highest BCUT2D eigenvalue weighted by Crippen LogP contribution is 2.22. The van der Waals surface area contributed by atoms with Gasteiger partial charge in [0, 0.05) is 69.5 Å². The minimum absolute atomic E-state index is 0.0191. The zero-order valence-corrected chi connectivity index (χ0v) is 56.8. The van der Waals surface area contributed by atoms with Crippen LogP contribution in [0.5, 0.6) is 0 Å². The van der Waals surface area contributed by atoms with Crippen molar-refractivity contribution in [2.45, 2.75) is 198 Å². The van der Waals surface area contributed by atoms with Gasteiger partial charge in [0.1, 0.15) is 60.4 Å². The van der Waals surface area contributed by atoms with E-state index >= 15 is 0 Å². The average Bonchev–Trinajstić information content (AvgIpc) is 1.76. The number of carbonyl (C=O) groups excluding carboxylic acids is 14. The van der Waals surface area contributed by atoms with Crippen molar-refractivity contribution in [2.75, 3.05) is 38.2 Å². The summed E-state index contributed by atoms with van der Waals surface area (Å²) in [6, 6.07) is -13.1. The second-order valence-electron chi connectivity index (χ2n) is 23.8. The van der Waals surface area contributed by atoms with E-state index in [1.807, 2.05) is 6.26 Å². The van der Waals surface area contributed by atoms with Crippen molar-refractivity contribution in [3.05, 3.63) is 36.4 Å². The lowest BCUT2D eigenvalue weighted by molar-refractivity contribution is -0.143. The number of unbranched alkanes of at least 4 members (excludes halogenated alkanes) is 1. The third-order valence-electron chi connectivity index (χ3n) is 16.2. The summed E-state index contributed by atoms with van der Waals surface area (Å²) >= 11 is 1.45. The summed E-state index contributed by atoms with van der Waals surface area (Å²) in [6.07, 6.45) is 7.70. The van der Waals surface area contributed by atoms with E-state index in [4.69, 9.17) is 34.4 Å². The van der Waals surface area contributed by atoms with Gasteiger partial charge < -0.3 is 102 Å². The topological polar surface area (TPSA) is 588 Å². The lowest BCUT2D eigenvalue weighted by Gasteiger charge is -2.32. The Kier molecular flexibility index (Phi) is 36.2. The van der Waals surface area contributed by atoms with Gasteiger partial charge in [0.2, 0.25) is 82.7 Å². The normalized spacial score (nSPS) is 16.0. The van der Waals surface area contributed by atoms with Crippen molar-refractivity contribution in [1.82, 2.24) is 78.0 Å². The number of aromatic nitrogens is 4. The molecule has 14 amide bonds. The number of carbonyl (C=O) groups is 14. The van der Waals surface area contributed by atoms with Gasteiger partial charge in [-0.25, -0.2) is 9.97 Å². The maximum atomic E-state index is 14.8. The molecule has 0 aromatic carbocycles. The number of hydrogen-bond donors (Lipinski definition) is 18. The molecule has 2 aromatic heterocycles. The van der Waals surface area contributed by atoms with E-state index in [1.165, 1.54) is 48.6 Å². The maximum Gasteiger partial charge on any atom is 0.245 e. The maximum absolute atomic E-state index is 14.8. The predicted molar refractivity (Wildman–Crippen MR) is 356 cm³/mol. The summed E-state index contributed by atoms with van der Waals surface area (Å²) in [5, 5.41) is 26.0. The third-order valence-corrected chi connectivity index (χ3v) is 16.8. The molecular formula is C60H100N22O14S. The number of amides is 14. The van der Waals surface area contributed by atoms with Crippen LogP contribution in [0, 0.1) is 11.8 Å². The molecular weight excluding hydrogens is 1280 g/mol. The van der Waals surface area contributed by atoms with E-state index in [-0.39, 0.29) is 77.0 Å². The highest BCUT2D eigenvalue weighted by atomic mass is 32.2. The molecule has 1 aliphatic heterocycles. The highest BCUT2D eigenvalue weighted by molar-refractivity contribution is 7.98. The number of aromatic amines is 2. The minimum Gasteiger partial charge on any atom is -0.370 e. The quantitative estimate of drug-likeness (QED) is 0.0167. The van der Waals surface area contributed by atoms with Crippen molar-refractivity contribution in [1.29, 1.82) is 0 Å². The van der Waals surface area contributed by atoms with Crippen molar-refractivity contribution in [3.63, 3.8) is 0 Å². The molecule has 36 nitrogen and oxygen atoms in total. The second kappa shape index (κ2) is 42.9. The standard InChI is InChI=1S/C60H100N22O14S/c1-7-32(3)48(50(64)87)80-56(93)43(26-36-28-68-31-72-36)78-52(89)39(17-19-46(63)85)74-47(86)29-70-51(88)38(16-18-45(62)84)76-55(92)42(25-35-27-67-30-71-35)79-57(94)44-15-12-23-82(44)59(96)41(13-9-10-21-61)77-58(95)49(33(4)8-2)81-54(91)37(14-11-22-69-60(65)66)75-53(90)40(20-24-97-6)73-34(5)83/h27-28,30-33,37-44,48-49H,7-26,29,61H2,1-6H3,(H2,62,84)(H2,63,85)(H2,64,87)(H,67,71)(H,68,72)(H,70,88)(H,73,83)(H,74,86)(H,75,90)(H,76,92)(H,77,95)(H,78,89)(H,79,94)(H,80,93)(H,81,91)(H4,65,66,69)/t32-,33-,37-,38-,39-,40-,41-,42-,43-,44-,48-,49-/m0/s1. The monoisotopic (exact) mass is 1380 g/mol. The minimum atomic E-state index is -1.60. The number of primary amides is 3. The molecule has 1 fully saturated rings. The Labute approximate surface area is 567 Å². The molecule has 1 saturated heterocycles. The number of hydrogen-bond acceptors (Lipinski definition) is 19. The van der Waals surface area contributed by atoms with Crippen molar-refractivity contribution in [2.24, 2.45) is 51.2 Å². The van der Waals surface area contributed by atoms with E-state index in [0.717, 1.165) is 0 Å². The van der Waals surface area contributed by atoms with Crippen LogP contribution in [-0.4, -0.2) is 212 Å². The molecule has 3 heterocycles. The van der Waals surface area contributed by atoms with Crippen LogP contribution >= 0.6 is 11.8 Å². The number of nitrogens with one attached hydrogen (secondary N) is 12. The van der Waals surface area contributed by atoms with Gasteiger partial charge >= 0.3 is 0 Å². The van der Waals surface area contributed by atoms with Crippen LogP contribution in [0.2, 0.25) is 0 Å². The Hall–Kier alpha value is -9.42. The second-order valence-corrected chi connectivity index (χ2v) is 24.8.